The van der Waals surface area contributed by atoms with Crippen molar-refractivity contribution in [3.05, 3.63) is 47.2 Å². The minimum atomic E-state index is -2.06. The van der Waals surface area contributed by atoms with E-state index in [9.17, 15) is 24.9 Å². The zero-order valence-electron chi connectivity index (χ0n) is 19.4. The fourth-order valence-electron chi connectivity index (χ4n) is 7.30. The molecule has 1 aromatic rings. The Bertz CT molecular complexity index is 1090. The van der Waals surface area contributed by atoms with Gasteiger partial charge in [-0.1, -0.05) is 32.9 Å². The number of hydrogen-bond acceptors (Lipinski definition) is 7. The molecule has 0 aromatic carbocycles. The zero-order valence-corrected chi connectivity index (χ0v) is 19.4. The second-order valence-electron chi connectivity index (χ2n) is 10.9. The molecule has 2 fully saturated rings. The Balaban J connectivity index is 1.70. The molecule has 0 unspecified atom stereocenters. The minimum Gasteiger partial charge on any atom is -0.466 e. The third kappa shape index (κ3) is 2.64. The van der Waals surface area contributed by atoms with Gasteiger partial charge in [-0.2, -0.15) is 0 Å². The smallest absolute Gasteiger partial charge is 0.224 e. The van der Waals surface area contributed by atoms with Crippen LogP contribution in [0.4, 0.5) is 0 Å². The van der Waals surface area contributed by atoms with Crippen molar-refractivity contribution in [1.82, 2.24) is 4.98 Å². The molecular weight excluding hydrogens is 422 g/mol. The first kappa shape index (κ1) is 22.4. The molecule has 0 aliphatic heterocycles. The summed E-state index contributed by atoms with van der Waals surface area (Å²) in [4.78, 5) is 30.0. The highest BCUT2D eigenvalue weighted by Crippen LogP contribution is 2.71. The maximum absolute atomic E-state index is 14.3. The van der Waals surface area contributed by atoms with Crippen molar-refractivity contribution in [3.8, 4) is 5.88 Å². The van der Waals surface area contributed by atoms with Crippen LogP contribution in [-0.2, 0) is 4.79 Å². The number of carbonyl (C=O) groups is 2. The number of nitrogens with zero attached hydrogens (tertiary/aromatic N) is 1. The summed E-state index contributed by atoms with van der Waals surface area (Å²) in [6.45, 7) is 7.55. The van der Waals surface area contributed by atoms with E-state index in [4.69, 9.17) is 4.74 Å². The third-order valence-corrected chi connectivity index (χ3v) is 9.05. The number of carbonyl (C=O) groups excluding carboxylic acids is 2. The van der Waals surface area contributed by atoms with Crippen LogP contribution in [0.25, 0.3) is 0 Å². The quantitative estimate of drug-likeness (QED) is 0.472. The summed E-state index contributed by atoms with van der Waals surface area (Å²) in [7, 11) is 0. The van der Waals surface area contributed by atoms with Gasteiger partial charge in [-0.05, 0) is 59.8 Å². The highest BCUT2D eigenvalue weighted by molar-refractivity contribution is 5.95. The van der Waals surface area contributed by atoms with E-state index < -0.39 is 35.7 Å². The van der Waals surface area contributed by atoms with Crippen LogP contribution >= 0.6 is 0 Å². The second kappa shape index (κ2) is 7.08. The average Bonchev–Trinajstić information content (AvgIpc) is 3.28. The average molecular weight is 454 g/mol. The summed E-state index contributed by atoms with van der Waals surface area (Å²) in [5.41, 5.74) is -2.46. The van der Waals surface area contributed by atoms with Crippen LogP contribution in [0.3, 0.4) is 0 Å². The van der Waals surface area contributed by atoms with Gasteiger partial charge in [-0.3, -0.25) is 9.59 Å². The number of Topliss-reactive ketones (excluding diaryl/α,β-unsaturated/α-hetero) is 1. The van der Waals surface area contributed by atoms with E-state index >= 15 is 0 Å². The molecule has 8 atom stereocenters. The summed E-state index contributed by atoms with van der Waals surface area (Å²) in [6, 6.07) is 3.16. The summed E-state index contributed by atoms with van der Waals surface area (Å²) in [5, 5.41) is 34.1. The van der Waals surface area contributed by atoms with E-state index in [0.29, 0.717) is 17.8 Å². The van der Waals surface area contributed by atoms with Crippen LogP contribution in [0.15, 0.2) is 41.6 Å². The molecule has 4 aliphatic carbocycles. The Morgan fingerprint density at radius 1 is 1.33 bits per heavy atom. The largest absolute Gasteiger partial charge is 0.466 e. The fraction of sp³-hybridized carbons (Fsp3) is 0.577. The predicted octanol–water partition coefficient (Wildman–Crippen LogP) is 2.11. The van der Waals surface area contributed by atoms with E-state index in [1.165, 1.54) is 6.20 Å². The number of aliphatic hydroxyl groups is 3. The van der Waals surface area contributed by atoms with Gasteiger partial charge in [-0.25, -0.2) is 4.98 Å². The van der Waals surface area contributed by atoms with Gasteiger partial charge in [0.1, 0.15) is 6.10 Å². The molecule has 7 heteroatoms. The standard InChI is InChI=1S/C26H31NO6/c1-13-10-25-14(2)8-18-19(24(18,3)4)17(21(25)31)9-16(12-29)20(30)26(25,32)22(13)33-23-15(11-28)6-5-7-27-23/h5-7,9-11,14,17-20,22,29-30,32H,8,12H2,1-4H3/t14-,17+,18-,19+,20-,22+,25+,26+/m1/s1. The lowest BCUT2D eigenvalue weighted by molar-refractivity contribution is -0.186. The Hall–Kier alpha value is -2.35. The van der Waals surface area contributed by atoms with Crippen LogP contribution in [0.1, 0.15) is 44.5 Å². The topological polar surface area (TPSA) is 117 Å². The number of aromatic nitrogens is 1. The van der Waals surface area contributed by atoms with Crippen molar-refractivity contribution < 1.29 is 29.6 Å². The highest BCUT2D eigenvalue weighted by atomic mass is 16.5. The lowest BCUT2D eigenvalue weighted by atomic mass is 9.59. The molecule has 4 aliphatic rings. The maximum atomic E-state index is 14.3. The molecule has 33 heavy (non-hydrogen) atoms. The van der Waals surface area contributed by atoms with Crippen molar-refractivity contribution in [1.29, 1.82) is 0 Å². The normalized spacial score (nSPS) is 42.8. The second-order valence-corrected chi connectivity index (χ2v) is 10.9. The Labute approximate surface area is 193 Å². The van der Waals surface area contributed by atoms with Crippen molar-refractivity contribution >= 4 is 12.1 Å². The lowest BCUT2D eigenvalue weighted by Gasteiger charge is -2.49. The predicted molar refractivity (Wildman–Crippen MR) is 119 cm³/mol. The number of allylic oxidation sites excluding steroid dienone is 1. The molecule has 7 nitrogen and oxygen atoms in total. The molecule has 1 aromatic heterocycles. The van der Waals surface area contributed by atoms with E-state index in [1.54, 1.807) is 31.2 Å². The molecule has 0 saturated heterocycles. The summed E-state index contributed by atoms with van der Waals surface area (Å²) in [5.74, 6) is -0.495. The van der Waals surface area contributed by atoms with Gasteiger partial charge in [0.25, 0.3) is 0 Å². The molecule has 1 spiro atoms. The molecule has 1 heterocycles. The molecule has 176 valence electrons. The number of aliphatic hydroxyl groups excluding tert-OH is 2. The number of ether oxygens (including phenoxy) is 1. The summed E-state index contributed by atoms with van der Waals surface area (Å²) < 4.78 is 6.12. The number of aldehydes is 1. The molecule has 3 N–H and O–H groups in total. The fourth-order valence-corrected chi connectivity index (χ4v) is 7.30. The zero-order chi connectivity index (χ0) is 23.9. The van der Waals surface area contributed by atoms with E-state index in [0.717, 1.165) is 6.42 Å². The van der Waals surface area contributed by atoms with E-state index in [-0.39, 0.29) is 40.1 Å². The van der Waals surface area contributed by atoms with Gasteiger partial charge in [-0.15, -0.1) is 0 Å². The van der Waals surface area contributed by atoms with Gasteiger partial charge in [0.15, 0.2) is 23.8 Å². The molecular formula is C26H31NO6. The van der Waals surface area contributed by atoms with Gasteiger partial charge < -0.3 is 20.1 Å². The van der Waals surface area contributed by atoms with Crippen molar-refractivity contribution in [2.45, 2.75) is 51.9 Å². The SMILES string of the molecule is CC1=C[C@]23C(=O)[C@@H](C=C(CO)[C@@H](O)[C@]2(O)[C@H]1Oc1ncccc1C=O)[C@H]1[C@@H](C[C@H]3C)C1(C)C. The minimum absolute atomic E-state index is 0.0240. The lowest BCUT2D eigenvalue weighted by Crippen LogP contribution is -2.66. The van der Waals surface area contributed by atoms with E-state index in [2.05, 4.69) is 18.8 Å². The molecule has 5 rings (SSSR count). The first-order valence-corrected chi connectivity index (χ1v) is 11.6. The van der Waals surface area contributed by atoms with Crippen LogP contribution < -0.4 is 4.74 Å². The molecule has 0 amide bonds. The van der Waals surface area contributed by atoms with Crippen LogP contribution in [0, 0.1) is 34.5 Å². The van der Waals surface area contributed by atoms with Crippen LogP contribution in [-0.4, -0.2) is 56.8 Å². The van der Waals surface area contributed by atoms with Gasteiger partial charge in [0.2, 0.25) is 5.88 Å². The van der Waals surface area contributed by atoms with Crippen molar-refractivity contribution in [2.24, 2.45) is 34.5 Å². The van der Waals surface area contributed by atoms with Crippen molar-refractivity contribution in [2.75, 3.05) is 6.61 Å². The molecule has 2 saturated carbocycles. The summed E-state index contributed by atoms with van der Waals surface area (Å²) >= 11 is 0. The van der Waals surface area contributed by atoms with Crippen LogP contribution in [0.5, 0.6) is 5.88 Å². The van der Waals surface area contributed by atoms with Crippen LogP contribution in [0.2, 0.25) is 0 Å². The number of fused-ring (bicyclic) bond motifs is 3. The van der Waals surface area contributed by atoms with Gasteiger partial charge >= 0.3 is 0 Å². The Morgan fingerprint density at radius 3 is 2.73 bits per heavy atom. The van der Waals surface area contributed by atoms with Gasteiger partial charge in [0.05, 0.1) is 17.6 Å². The first-order chi connectivity index (χ1) is 15.5. The number of hydrogen-bond donors (Lipinski definition) is 3. The number of pyridine rings is 1. The van der Waals surface area contributed by atoms with Crippen molar-refractivity contribution in [3.63, 3.8) is 0 Å². The third-order valence-electron chi connectivity index (χ3n) is 9.05. The van der Waals surface area contributed by atoms with Gasteiger partial charge in [0, 0.05) is 12.1 Å². The first-order valence-electron chi connectivity index (χ1n) is 11.6. The highest BCUT2D eigenvalue weighted by Gasteiger charge is 2.76. The number of rotatable bonds is 4. The monoisotopic (exact) mass is 453 g/mol. The molecule has 2 bridgehead atoms. The summed E-state index contributed by atoms with van der Waals surface area (Å²) in [6.07, 6.45) is 3.64. The maximum Gasteiger partial charge on any atom is 0.224 e. The Kier molecular flexibility index (Phi) is 4.81. The Morgan fingerprint density at radius 2 is 2.06 bits per heavy atom. The molecule has 0 radical (unpaired) electrons. The van der Waals surface area contributed by atoms with E-state index in [1.807, 2.05) is 6.92 Å². The number of ketones is 1.